The highest BCUT2D eigenvalue weighted by Crippen LogP contribution is 2.16. The number of hydrogen-bond acceptors (Lipinski definition) is 4. The minimum Gasteiger partial charge on any atom is -0.447 e. The van der Waals surface area contributed by atoms with Crippen LogP contribution in [0.5, 0.6) is 0 Å². The molecule has 0 amide bonds. The zero-order valence-electron chi connectivity index (χ0n) is 10.3. The molecule has 1 aromatic heterocycles. The van der Waals surface area contributed by atoms with E-state index in [1.807, 2.05) is 6.92 Å². The number of hydrogen-bond donors (Lipinski definition) is 1. The average molecular weight is 258 g/mol. The quantitative estimate of drug-likeness (QED) is 0.779. The summed E-state index contributed by atoms with van der Waals surface area (Å²) in [5.41, 5.74) is 0. The van der Waals surface area contributed by atoms with Crippen LogP contribution in [-0.4, -0.2) is 32.9 Å². The van der Waals surface area contributed by atoms with Gasteiger partial charge in [0.1, 0.15) is 5.76 Å². The highest BCUT2D eigenvalue weighted by Gasteiger charge is 2.21. The second-order valence-electron chi connectivity index (χ2n) is 3.91. The Morgan fingerprint density at radius 3 is 2.71 bits per heavy atom. The van der Waals surface area contributed by atoms with E-state index in [9.17, 15) is 8.42 Å². The van der Waals surface area contributed by atoms with Gasteiger partial charge in [0, 0.05) is 20.1 Å². The smallest absolute Gasteiger partial charge is 0.275 e. The van der Waals surface area contributed by atoms with Crippen molar-refractivity contribution in [2.24, 2.45) is 0 Å². The summed E-state index contributed by atoms with van der Waals surface area (Å²) in [4.78, 5) is 0. The maximum absolute atomic E-state index is 11.7. The Kier molecular flexibility index (Phi) is 4.50. The van der Waals surface area contributed by atoms with Crippen molar-refractivity contribution >= 4 is 10.0 Å². The van der Waals surface area contributed by atoms with Crippen molar-refractivity contribution < 1.29 is 12.8 Å². The van der Waals surface area contributed by atoms with Gasteiger partial charge in [-0.1, -0.05) is 6.08 Å². The SMILES string of the molecule is C=CC(C)NCc1ccc(S(=O)(=O)N(C)C)o1. The lowest BCUT2D eigenvalue weighted by molar-refractivity contribution is 0.386. The molecule has 0 spiro atoms. The van der Waals surface area contributed by atoms with Gasteiger partial charge in [-0.2, -0.15) is 0 Å². The molecule has 17 heavy (non-hydrogen) atoms. The summed E-state index contributed by atoms with van der Waals surface area (Å²) >= 11 is 0. The fraction of sp³-hybridized carbons (Fsp3) is 0.455. The lowest BCUT2D eigenvalue weighted by Crippen LogP contribution is -2.23. The van der Waals surface area contributed by atoms with Gasteiger partial charge >= 0.3 is 0 Å². The molecule has 0 aliphatic heterocycles. The van der Waals surface area contributed by atoms with E-state index in [0.717, 1.165) is 4.31 Å². The number of sulfonamides is 1. The largest absolute Gasteiger partial charge is 0.447 e. The molecule has 5 nitrogen and oxygen atoms in total. The van der Waals surface area contributed by atoms with Crippen molar-refractivity contribution in [2.45, 2.75) is 24.6 Å². The molecule has 0 aliphatic carbocycles. The lowest BCUT2D eigenvalue weighted by atomic mass is 10.3. The van der Waals surface area contributed by atoms with Gasteiger partial charge < -0.3 is 9.73 Å². The third-order valence-electron chi connectivity index (χ3n) is 2.32. The van der Waals surface area contributed by atoms with Crippen LogP contribution in [0.25, 0.3) is 0 Å². The van der Waals surface area contributed by atoms with Gasteiger partial charge in [-0.25, -0.2) is 12.7 Å². The van der Waals surface area contributed by atoms with Gasteiger partial charge in [-0.3, -0.25) is 0 Å². The first-order chi connectivity index (χ1) is 7.87. The van der Waals surface area contributed by atoms with Gasteiger partial charge in [-0.15, -0.1) is 6.58 Å². The summed E-state index contributed by atoms with van der Waals surface area (Å²) in [6, 6.07) is 3.26. The first-order valence-corrected chi connectivity index (χ1v) is 6.69. The van der Waals surface area contributed by atoms with E-state index in [4.69, 9.17) is 4.42 Å². The van der Waals surface area contributed by atoms with Crippen molar-refractivity contribution in [1.82, 2.24) is 9.62 Å². The van der Waals surface area contributed by atoms with Crippen LogP contribution in [0.3, 0.4) is 0 Å². The third kappa shape index (κ3) is 3.42. The van der Waals surface area contributed by atoms with E-state index in [-0.39, 0.29) is 11.1 Å². The van der Waals surface area contributed by atoms with E-state index in [1.54, 1.807) is 12.1 Å². The van der Waals surface area contributed by atoms with Gasteiger partial charge in [0.15, 0.2) is 0 Å². The Morgan fingerprint density at radius 2 is 2.18 bits per heavy atom. The van der Waals surface area contributed by atoms with Crippen molar-refractivity contribution in [2.75, 3.05) is 14.1 Å². The maximum atomic E-state index is 11.7. The van der Waals surface area contributed by atoms with E-state index >= 15 is 0 Å². The second-order valence-corrected chi connectivity index (χ2v) is 6.00. The molecule has 0 radical (unpaired) electrons. The normalized spacial score (nSPS) is 13.9. The molecule has 1 heterocycles. The highest BCUT2D eigenvalue weighted by molar-refractivity contribution is 7.88. The molecule has 0 aromatic carbocycles. The first-order valence-electron chi connectivity index (χ1n) is 5.25. The van der Waals surface area contributed by atoms with Crippen LogP contribution in [0.15, 0.2) is 34.3 Å². The minimum absolute atomic E-state index is 0.0365. The lowest BCUT2D eigenvalue weighted by Gasteiger charge is -2.08. The fourth-order valence-corrected chi connectivity index (χ4v) is 1.93. The molecule has 0 saturated carbocycles. The molecule has 0 saturated heterocycles. The topological polar surface area (TPSA) is 62.6 Å². The molecular formula is C11H18N2O3S. The van der Waals surface area contributed by atoms with Crippen LogP contribution < -0.4 is 5.32 Å². The Labute approximate surface area is 102 Å². The predicted octanol–water partition coefficient (Wildman–Crippen LogP) is 1.19. The Hall–Kier alpha value is -1.11. The highest BCUT2D eigenvalue weighted by atomic mass is 32.2. The summed E-state index contributed by atoms with van der Waals surface area (Å²) in [6.45, 7) is 6.07. The van der Waals surface area contributed by atoms with Crippen LogP contribution in [0.1, 0.15) is 12.7 Å². The Bertz CT molecular complexity index is 477. The summed E-state index contributed by atoms with van der Waals surface area (Å²) in [7, 11) is -0.546. The minimum atomic E-state index is -3.48. The van der Waals surface area contributed by atoms with Gasteiger partial charge in [0.2, 0.25) is 5.09 Å². The van der Waals surface area contributed by atoms with Crippen molar-refractivity contribution in [1.29, 1.82) is 0 Å². The molecule has 1 unspecified atom stereocenters. The molecule has 96 valence electrons. The molecule has 6 heteroatoms. The Morgan fingerprint density at radius 1 is 1.53 bits per heavy atom. The molecule has 0 bridgehead atoms. The van der Waals surface area contributed by atoms with Crippen molar-refractivity contribution in [3.63, 3.8) is 0 Å². The predicted molar refractivity (Wildman–Crippen MR) is 66.1 cm³/mol. The standard InChI is InChI=1S/C11H18N2O3S/c1-5-9(2)12-8-10-6-7-11(16-10)17(14,15)13(3)4/h5-7,9,12H,1,8H2,2-4H3. The van der Waals surface area contributed by atoms with Crippen molar-refractivity contribution in [3.05, 3.63) is 30.5 Å². The number of rotatable bonds is 6. The number of nitrogens with zero attached hydrogens (tertiary/aromatic N) is 1. The summed E-state index contributed by atoms with van der Waals surface area (Å²) in [6.07, 6.45) is 1.76. The average Bonchev–Trinajstić information content (AvgIpc) is 2.74. The number of nitrogens with one attached hydrogen (secondary N) is 1. The van der Waals surface area contributed by atoms with Gasteiger partial charge in [-0.05, 0) is 19.1 Å². The molecule has 1 atom stereocenters. The summed E-state index contributed by atoms with van der Waals surface area (Å²) in [5.74, 6) is 0.583. The van der Waals surface area contributed by atoms with Crippen LogP contribution >= 0.6 is 0 Å². The summed E-state index contributed by atoms with van der Waals surface area (Å²) < 4.78 is 29.9. The van der Waals surface area contributed by atoms with E-state index in [1.165, 1.54) is 20.2 Å². The van der Waals surface area contributed by atoms with Crippen molar-refractivity contribution in [3.8, 4) is 0 Å². The molecular weight excluding hydrogens is 240 g/mol. The second kappa shape index (κ2) is 5.48. The molecule has 1 aromatic rings. The number of furan rings is 1. The van der Waals surface area contributed by atoms with E-state index in [2.05, 4.69) is 11.9 Å². The maximum Gasteiger partial charge on any atom is 0.275 e. The first kappa shape index (κ1) is 14.0. The fourth-order valence-electron chi connectivity index (χ4n) is 1.12. The molecule has 1 rings (SSSR count). The summed E-state index contributed by atoms with van der Waals surface area (Å²) in [5, 5.41) is 3.09. The van der Waals surface area contributed by atoms with E-state index < -0.39 is 10.0 Å². The van der Waals surface area contributed by atoms with Crippen LogP contribution in [0.2, 0.25) is 0 Å². The molecule has 0 fully saturated rings. The Balaban J connectivity index is 2.76. The molecule has 0 aliphatic rings. The van der Waals surface area contributed by atoms with Crippen LogP contribution in [0.4, 0.5) is 0 Å². The monoisotopic (exact) mass is 258 g/mol. The molecule has 1 N–H and O–H groups in total. The van der Waals surface area contributed by atoms with Gasteiger partial charge in [0.25, 0.3) is 10.0 Å². The third-order valence-corrected chi connectivity index (χ3v) is 4.01. The van der Waals surface area contributed by atoms with Crippen LogP contribution in [0, 0.1) is 0 Å². The van der Waals surface area contributed by atoms with Crippen LogP contribution in [-0.2, 0) is 16.6 Å². The van der Waals surface area contributed by atoms with E-state index in [0.29, 0.717) is 12.3 Å². The zero-order valence-corrected chi connectivity index (χ0v) is 11.1. The zero-order chi connectivity index (χ0) is 13.1. The van der Waals surface area contributed by atoms with Gasteiger partial charge in [0.05, 0.1) is 6.54 Å².